The van der Waals surface area contributed by atoms with Gasteiger partial charge in [0.1, 0.15) is 23.8 Å². The molecular formula is C18H13F2N3O. The number of benzene rings is 2. The maximum atomic E-state index is 13.5. The van der Waals surface area contributed by atoms with Crippen molar-refractivity contribution in [1.29, 1.82) is 0 Å². The highest BCUT2D eigenvalue weighted by atomic mass is 19.1. The van der Waals surface area contributed by atoms with Gasteiger partial charge in [0.25, 0.3) is 0 Å². The third-order valence-electron chi connectivity index (χ3n) is 4.11. The molecule has 1 aliphatic heterocycles. The molecule has 2 aromatic carbocycles. The molecule has 1 aromatic heterocycles. The van der Waals surface area contributed by atoms with Crippen molar-refractivity contribution in [3.05, 3.63) is 77.8 Å². The molecule has 0 saturated heterocycles. The Hall–Kier alpha value is -3.02. The number of fused-ring (bicyclic) bond motifs is 1. The molecule has 1 N–H and O–H groups in total. The van der Waals surface area contributed by atoms with Crippen molar-refractivity contribution in [3.63, 3.8) is 0 Å². The van der Waals surface area contributed by atoms with E-state index in [1.807, 2.05) is 0 Å². The Kier molecular flexibility index (Phi) is 3.37. The first kappa shape index (κ1) is 14.6. The number of rotatable bonds is 2. The van der Waals surface area contributed by atoms with E-state index in [4.69, 9.17) is 0 Å². The lowest BCUT2D eigenvalue weighted by Crippen LogP contribution is -2.25. The number of nitrogens with zero attached hydrogens (tertiary/aromatic N) is 2. The molecule has 0 aliphatic carbocycles. The van der Waals surface area contributed by atoms with Crippen LogP contribution >= 0.6 is 0 Å². The second-order valence-corrected chi connectivity index (χ2v) is 5.69. The number of nitrogens with one attached hydrogen (secondary N) is 1. The van der Waals surface area contributed by atoms with Crippen LogP contribution in [0.5, 0.6) is 0 Å². The van der Waals surface area contributed by atoms with Gasteiger partial charge < -0.3 is 5.32 Å². The Bertz CT molecular complexity index is 936. The van der Waals surface area contributed by atoms with Crippen molar-refractivity contribution in [2.45, 2.75) is 12.3 Å². The van der Waals surface area contributed by atoms with Gasteiger partial charge in [-0.1, -0.05) is 18.2 Å². The monoisotopic (exact) mass is 325 g/mol. The van der Waals surface area contributed by atoms with Gasteiger partial charge in [-0.25, -0.2) is 13.8 Å². The zero-order valence-corrected chi connectivity index (χ0v) is 12.5. The van der Waals surface area contributed by atoms with E-state index < -0.39 is 0 Å². The van der Waals surface area contributed by atoms with Gasteiger partial charge >= 0.3 is 0 Å². The van der Waals surface area contributed by atoms with Gasteiger partial charge in [-0.05, 0) is 35.9 Å². The highest BCUT2D eigenvalue weighted by molar-refractivity contribution is 5.94. The van der Waals surface area contributed by atoms with E-state index in [9.17, 15) is 13.6 Å². The highest BCUT2D eigenvalue weighted by Gasteiger charge is 2.31. The topological polar surface area (TPSA) is 46.9 Å². The van der Waals surface area contributed by atoms with Crippen molar-refractivity contribution < 1.29 is 13.6 Å². The molecule has 0 fully saturated rings. The summed E-state index contributed by atoms with van der Waals surface area (Å²) in [6.45, 7) is 0. The number of hydrogen-bond donors (Lipinski definition) is 1. The van der Waals surface area contributed by atoms with Gasteiger partial charge in [0.2, 0.25) is 5.91 Å². The van der Waals surface area contributed by atoms with Gasteiger partial charge in [-0.2, -0.15) is 0 Å². The molecule has 6 heteroatoms. The van der Waals surface area contributed by atoms with E-state index in [2.05, 4.69) is 10.3 Å². The minimum atomic E-state index is -0.376. The van der Waals surface area contributed by atoms with Crippen LogP contribution < -0.4 is 5.32 Å². The maximum absolute atomic E-state index is 13.5. The van der Waals surface area contributed by atoms with E-state index in [0.717, 1.165) is 0 Å². The van der Waals surface area contributed by atoms with Crippen LogP contribution in [0, 0.1) is 11.6 Å². The fourth-order valence-corrected chi connectivity index (χ4v) is 3.03. The summed E-state index contributed by atoms with van der Waals surface area (Å²) < 4.78 is 28.7. The van der Waals surface area contributed by atoms with Crippen LogP contribution in [0.15, 0.2) is 54.9 Å². The molecule has 4 nitrogen and oxygen atoms in total. The van der Waals surface area contributed by atoms with Crippen molar-refractivity contribution in [3.8, 4) is 5.69 Å². The molecule has 0 radical (unpaired) electrons. The fraction of sp³-hybridized carbons (Fsp3) is 0.111. The molecule has 24 heavy (non-hydrogen) atoms. The number of hydrogen-bond acceptors (Lipinski definition) is 2. The van der Waals surface area contributed by atoms with E-state index in [0.29, 0.717) is 22.8 Å². The molecule has 120 valence electrons. The molecule has 0 saturated carbocycles. The van der Waals surface area contributed by atoms with Gasteiger partial charge in [-0.15, -0.1) is 0 Å². The Balaban J connectivity index is 1.83. The van der Waals surface area contributed by atoms with Crippen LogP contribution in [-0.2, 0) is 4.79 Å². The predicted molar refractivity (Wildman–Crippen MR) is 85.0 cm³/mol. The molecule has 2 heterocycles. The summed E-state index contributed by atoms with van der Waals surface area (Å²) in [5.41, 5.74) is 1.89. The SMILES string of the molecule is O=C1C[C@H](c2cccc(F)c2)c2ncn(-c3cccc(F)c3)c2N1. The van der Waals surface area contributed by atoms with Crippen LogP contribution in [0.25, 0.3) is 5.69 Å². The van der Waals surface area contributed by atoms with Crippen molar-refractivity contribution in [2.24, 2.45) is 0 Å². The largest absolute Gasteiger partial charge is 0.310 e. The van der Waals surface area contributed by atoms with Crippen molar-refractivity contribution >= 4 is 11.7 Å². The van der Waals surface area contributed by atoms with Gasteiger partial charge in [-0.3, -0.25) is 9.36 Å². The first-order valence-electron chi connectivity index (χ1n) is 7.50. The molecule has 0 spiro atoms. The van der Waals surface area contributed by atoms with E-state index in [1.165, 1.54) is 30.6 Å². The molecule has 0 bridgehead atoms. The first-order chi connectivity index (χ1) is 11.6. The molecule has 4 rings (SSSR count). The van der Waals surface area contributed by atoms with Gasteiger partial charge in [0.05, 0.1) is 11.4 Å². The Morgan fingerprint density at radius 1 is 1.08 bits per heavy atom. The molecule has 1 atom stereocenters. The summed E-state index contributed by atoms with van der Waals surface area (Å²) >= 11 is 0. The summed E-state index contributed by atoms with van der Waals surface area (Å²) in [6.07, 6.45) is 1.73. The average molecular weight is 325 g/mol. The quantitative estimate of drug-likeness (QED) is 0.782. The second kappa shape index (κ2) is 5.56. The molecule has 1 amide bonds. The number of carbonyl (C=O) groups excluding carboxylic acids is 1. The lowest BCUT2D eigenvalue weighted by molar-refractivity contribution is -0.116. The zero-order chi connectivity index (χ0) is 16.7. The number of anilines is 1. The van der Waals surface area contributed by atoms with E-state index in [1.54, 1.807) is 28.8 Å². The van der Waals surface area contributed by atoms with Crippen LogP contribution in [0.3, 0.4) is 0 Å². The maximum Gasteiger partial charge on any atom is 0.226 e. The lowest BCUT2D eigenvalue weighted by atomic mass is 9.90. The Morgan fingerprint density at radius 3 is 2.58 bits per heavy atom. The highest BCUT2D eigenvalue weighted by Crippen LogP contribution is 2.37. The van der Waals surface area contributed by atoms with Crippen molar-refractivity contribution in [1.82, 2.24) is 9.55 Å². The number of imidazole rings is 1. The standard InChI is InChI=1S/C18H13F2N3O/c19-12-4-1-3-11(7-12)15-9-16(24)22-18-17(15)21-10-23(18)14-6-2-5-13(20)8-14/h1-8,10,15H,9H2,(H,22,24)/t15-/m1/s1. The number of carbonyl (C=O) groups is 1. The summed E-state index contributed by atoms with van der Waals surface area (Å²) in [7, 11) is 0. The number of halogens is 2. The van der Waals surface area contributed by atoms with Crippen molar-refractivity contribution in [2.75, 3.05) is 5.32 Å². The molecular weight excluding hydrogens is 312 g/mol. The Morgan fingerprint density at radius 2 is 1.83 bits per heavy atom. The molecule has 0 unspecified atom stereocenters. The summed E-state index contributed by atoms with van der Waals surface area (Å²) in [5.74, 6) is -0.761. The van der Waals surface area contributed by atoms with Crippen LogP contribution in [-0.4, -0.2) is 15.5 Å². The summed E-state index contributed by atoms with van der Waals surface area (Å²) in [6, 6.07) is 12.2. The number of aromatic nitrogens is 2. The molecule has 3 aromatic rings. The number of amides is 1. The molecule has 1 aliphatic rings. The van der Waals surface area contributed by atoms with Crippen LogP contribution in [0.2, 0.25) is 0 Å². The van der Waals surface area contributed by atoms with Gasteiger partial charge in [0, 0.05) is 12.3 Å². The third-order valence-corrected chi connectivity index (χ3v) is 4.11. The minimum absolute atomic E-state index is 0.185. The third kappa shape index (κ3) is 2.46. The van der Waals surface area contributed by atoms with Crippen LogP contribution in [0.1, 0.15) is 23.6 Å². The zero-order valence-electron chi connectivity index (χ0n) is 12.5. The van der Waals surface area contributed by atoms with Crippen LogP contribution in [0.4, 0.5) is 14.6 Å². The average Bonchev–Trinajstić information content (AvgIpc) is 2.97. The lowest BCUT2D eigenvalue weighted by Gasteiger charge is -2.23. The van der Waals surface area contributed by atoms with Gasteiger partial charge in [0.15, 0.2) is 0 Å². The fourth-order valence-electron chi connectivity index (χ4n) is 3.03. The predicted octanol–water partition coefficient (Wildman–Crippen LogP) is 3.62. The second-order valence-electron chi connectivity index (χ2n) is 5.69. The minimum Gasteiger partial charge on any atom is -0.310 e. The smallest absolute Gasteiger partial charge is 0.226 e. The normalized spacial score (nSPS) is 16.6. The summed E-state index contributed by atoms with van der Waals surface area (Å²) in [5, 5.41) is 2.79. The first-order valence-corrected chi connectivity index (χ1v) is 7.50. The summed E-state index contributed by atoms with van der Waals surface area (Å²) in [4.78, 5) is 16.5. The van der Waals surface area contributed by atoms with E-state index in [-0.39, 0.29) is 29.9 Å². The Labute approximate surface area is 136 Å². The van der Waals surface area contributed by atoms with E-state index >= 15 is 0 Å².